The van der Waals surface area contributed by atoms with Crippen molar-refractivity contribution >= 4 is 11.3 Å². The monoisotopic (exact) mass is 273 g/mol. The van der Waals surface area contributed by atoms with Crippen LogP contribution in [0.15, 0.2) is 29.6 Å². The molecule has 2 nitrogen and oxygen atoms in total. The van der Waals surface area contributed by atoms with Crippen LogP contribution in [0.25, 0.3) is 0 Å². The molecule has 1 atom stereocenters. The standard InChI is InChI=1S/C12H10F3NOS/c1-7-16-10(6-18-7)11(17)8-3-2-4-9(5-8)12(13,14)15/h2-6,11,17H,1H3. The van der Waals surface area contributed by atoms with Crippen molar-refractivity contribution in [3.63, 3.8) is 0 Å². The van der Waals surface area contributed by atoms with Crippen LogP contribution in [0.1, 0.15) is 27.9 Å². The number of aryl methyl sites for hydroxylation is 1. The van der Waals surface area contributed by atoms with Gasteiger partial charge in [-0.05, 0) is 24.6 Å². The van der Waals surface area contributed by atoms with E-state index in [1.165, 1.54) is 23.5 Å². The summed E-state index contributed by atoms with van der Waals surface area (Å²) in [5.74, 6) is 0. The van der Waals surface area contributed by atoms with Gasteiger partial charge in [0.2, 0.25) is 0 Å². The molecule has 0 bridgehead atoms. The van der Waals surface area contributed by atoms with Gasteiger partial charge < -0.3 is 5.11 Å². The zero-order valence-corrected chi connectivity index (χ0v) is 10.2. The molecule has 1 aromatic heterocycles. The molecule has 1 N–H and O–H groups in total. The van der Waals surface area contributed by atoms with E-state index in [0.717, 1.165) is 17.1 Å². The summed E-state index contributed by atoms with van der Waals surface area (Å²) in [6.07, 6.45) is -5.54. The fourth-order valence-corrected chi connectivity index (χ4v) is 2.19. The molecule has 0 saturated heterocycles. The Labute approximate surface area is 106 Å². The number of aromatic nitrogens is 1. The quantitative estimate of drug-likeness (QED) is 0.907. The lowest BCUT2D eigenvalue weighted by molar-refractivity contribution is -0.137. The lowest BCUT2D eigenvalue weighted by Crippen LogP contribution is -2.07. The van der Waals surface area contributed by atoms with Crippen molar-refractivity contribution in [2.24, 2.45) is 0 Å². The molecule has 6 heteroatoms. The summed E-state index contributed by atoms with van der Waals surface area (Å²) in [6.45, 7) is 1.77. The Kier molecular flexibility index (Phi) is 3.41. The van der Waals surface area contributed by atoms with Crippen molar-refractivity contribution in [3.8, 4) is 0 Å². The van der Waals surface area contributed by atoms with Crippen molar-refractivity contribution in [3.05, 3.63) is 51.5 Å². The Hall–Kier alpha value is -1.40. The third kappa shape index (κ3) is 2.70. The van der Waals surface area contributed by atoms with Crippen LogP contribution in [0.3, 0.4) is 0 Å². The lowest BCUT2D eigenvalue weighted by Gasteiger charge is -2.12. The zero-order valence-electron chi connectivity index (χ0n) is 9.40. The number of nitrogens with zero attached hydrogens (tertiary/aromatic N) is 1. The molecule has 2 aromatic rings. The number of rotatable bonds is 2. The molecule has 1 aromatic carbocycles. The van der Waals surface area contributed by atoms with Crippen LogP contribution in [-0.2, 0) is 6.18 Å². The van der Waals surface area contributed by atoms with E-state index in [0.29, 0.717) is 5.69 Å². The molecule has 0 fully saturated rings. The topological polar surface area (TPSA) is 33.1 Å². The summed E-state index contributed by atoms with van der Waals surface area (Å²) in [4.78, 5) is 4.07. The Balaban J connectivity index is 2.34. The molecular formula is C12H10F3NOS. The van der Waals surface area contributed by atoms with Crippen molar-refractivity contribution in [1.29, 1.82) is 0 Å². The Morgan fingerprint density at radius 1 is 1.33 bits per heavy atom. The molecule has 1 unspecified atom stereocenters. The van der Waals surface area contributed by atoms with E-state index >= 15 is 0 Å². The normalized spacial score (nSPS) is 13.6. The van der Waals surface area contributed by atoms with E-state index in [4.69, 9.17) is 0 Å². The molecule has 0 aliphatic heterocycles. The van der Waals surface area contributed by atoms with Gasteiger partial charge in [0.1, 0.15) is 6.10 Å². The van der Waals surface area contributed by atoms with E-state index in [2.05, 4.69) is 4.98 Å². The number of benzene rings is 1. The fraction of sp³-hybridized carbons (Fsp3) is 0.250. The average molecular weight is 273 g/mol. The van der Waals surface area contributed by atoms with Crippen LogP contribution in [0.5, 0.6) is 0 Å². The SMILES string of the molecule is Cc1nc(C(O)c2cccc(C(F)(F)F)c2)cs1. The largest absolute Gasteiger partial charge is 0.416 e. The second-order valence-corrected chi connectivity index (χ2v) is 4.88. The van der Waals surface area contributed by atoms with E-state index in [-0.39, 0.29) is 5.56 Å². The van der Waals surface area contributed by atoms with Crippen LogP contribution in [0.2, 0.25) is 0 Å². The maximum atomic E-state index is 12.5. The first-order valence-electron chi connectivity index (χ1n) is 5.15. The van der Waals surface area contributed by atoms with Crippen LogP contribution in [0.4, 0.5) is 13.2 Å². The molecule has 2 rings (SSSR count). The fourth-order valence-electron chi connectivity index (χ4n) is 1.56. The summed E-state index contributed by atoms with van der Waals surface area (Å²) < 4.78 is 37.6. The average Bonchev–Trinajstić information content (AvgIpc) is 2.74. The van der Waals surface area contributed by atoms with Crippen molar-refractivity contribution in [2.75, 3.05) is 0 Å². The summed E-state index contributed by atoms with van der Waals surface area (Å²) >= 11 is 1.34. The van der Waals surface area contributed by atoms with Gasteiger partial charge in [0.15, 0.2) is 0 Å². The highest BCUT2D eigenvalue weighted by Crippen LogP contribution is 2.32. The van der Waals surface area contributed by atoms with Gasteiger partial charge >= 0.3 is 6.18 Å². The molecule has 18 heavy (non-hydrogen) atoms. The lowest BCUT2D eigenvalue weighted by atomic mass is 10.0. The Morgan fingerprint density at radius 3 is 2.61 bits per heavy atom. The molecule has 0 radical (unpaired) electrons. The second-order valence-electron chi connectivity index (χ2n) is 3.82. The zero-order chi connectivity index (χ0) is 13.3. The minimum absolute atomic E-state index is 0.190. The van der Waals surface area contributed by atoms with Gasteiger partial charge in [0.05, 0.1) is 16.3 Å². The third-order valence-corrected chi connectivity index (χ3v) is 3.24. The van der Waals surface area contributed by atoms with Gasteiger partial charge in [0, 0.05) is 5.38 Å². The third-order valence-electron chi connectivity index (χ3n) is 2.45. The summed E-state index contributed by atoms with van der Waals surface area (Å²) in [5, 5.41) is 12.4. The van der Waals surface area contributed by atoms with Crippen molar-refractivity contribution < 1.29 is 18.3 Å². The van der Waals surface area contributed by atoms with Crippen LogP contribution in [-0.4, -0.2) is 10.1 Å². The Morgan fingerprint density at radius 2 is 2.06 bits per heavy atom. The smallest absolute Gasteiger partial charge is 0.382 e. The van der Waals surface area contributed by atoms with Gasteiger partial charge in [-0.2, -0.15) is 13.2 Å². The van der Waals surface area contributed by atoms with Gasteiger partial charge in [-0.1, -0.05) is 12.1 Å². The number of halogens is 3. The summed E-state index contributed by atoms with van der Waals surface area (Å²) in [7, 11) is 0. The number of aliphatic hydroxyl groups is 1. The highest BCUT2D eigenvalue weighted by molar-refractivity contribution is 7.09. The number of thiazole rings is 1. The Bertz CT molecular complexity index is 550. The minimum Gasteiger partial charge on any atom is -0.382 e. The number of alkyl halides is 3. The highest BCUT2D eigenvalue weighted by Gasteiger charge is 2.31. The first-order valence-corrected chi connectivity index (χ1v) is 6.03. The van der Waals surface area contributed by atoms with Crippen LogP contribution < -0.4 is 0 Å². The minimum atomic E-state index is -4.41. The maximum Gasteiger partial charge on any atom is 0.416 e. The van der Waals surface area contributed by atoms with E-state index < -0.39 is 17.8 Å². The van der Waals surface area contributed by atoms with Gasteiger partial charge in [0.25, 0.3) is 0 Å². The number of hydrogen-bond acceptors (Lipinski definition) is 3. The predicted molar refractivity (Wildman–Crippen MR) is 62.4 cm³/mol. The van der Waals surface area contributed by atoms with E-state index in [9.17, 15) is 18.3 Å². The number of hydrogen-bond donors (Lipinski definition) is 1. The van der Waals surface area contributed by atoms with E-state index in [1.54, 1.807) is 12.3 Å². The van der Waals surface area contributed by atoms with Crippen LogP contribution >= 0.6 is 11.3 Å². The van der Waals surface area contributed by atoms with Gasteiger partial charge in [-0.15, -0.1) is 11.3 Å². The van der Waals surface area contributed by atoms with Gasteiger partial charge in [-0.3, -0.25) is 0 Å². The predicted octanol–water partition coefficient (Wildman–Crippen LogP) is 3.55. The summed E-state index contributed by atoms with van der Waals surface area (Å²) in [6, 6.07) is 4.65. The molecule has 96 valence electrons. The molecule has 0 spiro atoms. The van der Waals surface area contributed by atoms with E-state index in [1.807, 2.05) is 0 Å². The first-order chi connectivity index (χ1) is 8.38. The molecule has 0 aliphatic rings. The van der Waals surface area contributed by atoms with Crippen molar-refractivity contribution in [1.82, 2.24) is 4.98 Å². The van der Waals surface area contributed by atoms with Crippen molar-refractivity contribution in [2.45, 2.75) is 19.2 Å². The first kappa shape index (κ1) is 13.0. The maximum absolute atomic E-state index is 12.5. The molecular weight excluding hydrogens is 263 g/mol. The molecule has 1 heterocycles. The molecule has 0 saturated carbocycles. The second kappa shape index (κ2) is 4.70. The highest BCUT2D eigenvalue weighted by atomic mass is 32.1. The molecule has 0 aliphatic carbocycles. The van der Waals surface area contributed by atoms with Crippen LogP contribution in [0, 0.1) is 6.92 Å². The summed E-state index contributed by atoms with van der Waals surface area (Å²) in [5.41, 5.74) is -0.210. The number of aliphatic hydroxyl groups excluding tert-OH is 1. The molecule has 0 amide bonds. The van der Waals surface area contributed by atoms with Gasteiger partial charge in [-0.25, -0.2) is 4.98 Å².